The van der Waals surface area contributed by atoms with Crippen molar-refractivity contribution < 1.29 is 9.53 Å². The number of carbonyl (C=O) groups excluding carboxylic acids is 1. The lowest BCUT2D eigenvalue weighted by molar-refractivity contribution is -0.142. The lowest BCUT2D eigenvalue weighted by atomic mass is 9.74. The maximum atomic E-state index is 12.1. The molecule has 90 valence electrons. The number of cyclic esters (lactones) is 1. The van der Waals surface area contributed by atoms with Gasteiger partial charge in [0.2, 0.25) is 0 Å². The van der Waals surface area contributed by atoms with E-state index in [1.54, 1.807) is 6.07 Å². The molecule has 4 heteroatoms. The van der Waals surface area contributed by atoms with Gasteiger partial charge in [0.25, 0.3) is 0 Å². The van der Waals surface area contributed by atoms with E-state index in [1.807, 2.05) is 12.1 Å². The molecule has 0 N–H and O–H groups in total. The number of halogens is 2. The predicted molar refractivity (Wildman–Crippen MR) is 66.4 cm³/mol. The summed E-state index contributed by atoms with van der Waals surface area (Å²) in [4.78, 5) is 12.1. The van der Waals surface area contributed by atoms with Crippen LogP contribution in [0.15, 0.2) is 18.2 Å². The van der Waals surface area contributed by atoms with Gasteiger partial charge in [0.15, 0.2) is 0 Å². The molecule has 2 fully saturated rings. The molecule has 0 unspecified atom stereocenters. The quantitative estimate of drug-likeness (QED) is 0.729. The molecule has 0 aromatic heterocycles. The van der Waals surface area contributed by atoms with Gasteiger partial charge in [-0.2, -0.15) is 0 Å². The first kappa shape index (κ1) is 11.4. The topological polar surface area (TPSA) is 26.3 Å². The highest BCUT2D eigenvalue weighted by Gasteiger charge is 2.56. The minimum atomic E-state index is -0.464. The third-order valence-electron chi connectivity index (χ3n) is 4.04. The fraction of sp³-hybridized carbons (Fsp3) is 0.462. The third kappa shape index (κ3) is 1.50. The van der Waals surface area contributed by atoms with E-state index < -0.39 is 5.41 Å². The van der Waals surface area contributed by atoms with Gasteiger partial charge in [-0.3, -0.25) is 4.79 Å². The van der Waals surface area contributed by atoms with E-state index in [1.165, 1.54) is 0 Å². The Morgan fingerprint density at radius 2 is 2.12 bits per heavy atom. The molecule has 1 saturated carbocycles. The number of carbonyl (C=O) groups is 1. The highest BCUT2D eigenvalue weighted by Crippen LogP contribution is 2.51. The minimum absolute atomic E-state index is 0.0987. The predicted octanol–water partition coefficient (Wildman–Crippen LogP) is 3.59. The molecule has 1 aliphatic heterocycles. The van der Waals surface area contributed by atoms with Crippen LogP contribution in [0.25, 0.3) is 0 Å². The Kier molecular flexibility index (Phi) is 2.60. The van der Waals surface area contributed by atoms with E-state index in [0.717, 1.165) is 24.8 Å². The second-order valence-electron chi connectivity index (χ2n) is 4.79. The first-order valence-corrected chi connectivity index (χ1v) is 6.53. The largest absolute Gasteiger partial charge is 0.465 e. The van der Waals surface area contributed by atoms with Crippen molar-refractivity contribution in [1.29, 1.82) is 0 Å². The van der Waals surface area contributed by atoms with E-state index in [9.17, 15) is 4.79 Å². The average Bonchev–Trinajstić information content (AvgIpc) is 2.85. The summed E-state index contributed by atoms with van der Waals surface area (Å²) in [6.45, 7) is 0.541. The summed E-state index contributed by atoms with van der Waals surface area (Å²) < 4.78 is 5.23. The van der Waals surface area contributed by atoms with Crippen LogP contribution in [-0.4, -0.2) is 12.6 Å². The highest BCUT2D eigenvalue weighted by molar-refractivity contribution is 6.42. The second-order valence-corrected chi connectivity index (χ2v) is 5.60. The van der Waals surface area contributed by atoms with Crippen molar-refractivity contribution in [3.63, 3.8) is 0 Å². The molecular weight excluding hydrogens is 259 g/mol. The molecule has 2 atom stereocenters. The van der Waals surface area contributed by atoms with Crippen LogP contribution < -0.4 is 0 Å². The third-order valence-corrected chi connectivity index (χ3v) is 4.77. The smallest absolute Gasteiger partial charge is 0.316 e. The van der Waals surface area contributed by atoms with Crippen molar-refractivity contribution in [3.05, 3.63) is 33.8 Å². The van der Waals surface area contributed by atoms with E-state index in [-0.39, 0.29) is 5.97 Å². The summed E-state index contributed by atoms with van der Waals surface area (Å²) in [7, 11) is 0. The highest BCUT2D eigenvalue weighted by atomic mass is 35.5. The number of benzene rings is 1. The molecule has 3 rings (SSSR count). The van der Waals surface area contributed by atoms with Gasteiger partial charge < -0.3 is 4.74 Å². The SMILES string of the molecule is O=C1OC[C@@H]2CCC[C@]12c1ccc(Cl)c(Cl)c1. The summed E-state index contributed by atoms with van der Waals surface area (Å²) in [5, 5.41) is 1.02. The molecule has 17 heavy (non-hydrogen) atoms. The van der Waals surface area contributed by atoms with E-state index in [4.69, 9.17) is 27.9 Å². The van der Waals surface area contributed by atoms with Crippen LogP contribution in [0.2, 0.25) is 10.0 Å². The average molecular weight is 271 g/mol. The van der Waals surface area contributed by atoms with Crippen molar-refractivity contribution >= 4 is 29.2 Å². The Balaban J connectivity index is 2.12. The van der Waals surface area contributed by atoms with Gasteiger partial charge in [-0.05, 0) is 30.5 Å². The molecule has 0 amide bonds. The molecule has 2 aliphatic rings. The standard InChI is InChI=1S/C13H12Cl2O2/c14-10-4-3-8(6-11(10)15)13-5-1-2-9(13)7-17-12(13)16/h3-4,6,9H,1-2,5,7H2/t9-,13+/m0/s1. The fourth-order valence-corrected chi connectivity index (χ4v) is 3.45. The van der Waals surface area contributed by atoms with Gasteiger partial charge in [0, 0.05) is 5.92 Å². The minimum Gasteiger partial charge on any atom is -0.465 e. The van der Waals surface area contributed by atoms with Crippen molar-refractivity contribution in [2.24, 2.45) is 5.92 Å². The zero-order valence-corrected chi connectivity index (χ0v) is 10.7. The Bertz CT molecular complexity index is 486. The Morgan fingerprint density at radius 3 is 2.88 bits per heavy atom. The Morgan fingerprint density at radius 1 is 1.29 bits per heavy atom. The molecule has 1 aliphatic carbocycles. The molecular formula is C13H12Cl2O2. The van der Waals surface area contributed by atoms with Crippen molar-refractivity contribution in [2.75, 3.05) is 6.61 Å². The normalized spacial score (nSPS) is 31.4. The molecule has 1 aromatic rings. The van der Waals surface area contributed by atoms with Crippen LogP contribution >= 0.6 is 23.2 Å². The monoisotopic (exact) mass is 270 g/mol. The molecule has 1 aromatic carbocycles. The number of esters is 1. The second kappa shape index (κ2) is 3.89. The van der Waals surface area contributed by atoms with Gasteiger partial charge >= 0.3 is 5.97 Å². The summed E-state index contributed by atoms with van der Waals surface area (Å²) in [5.74, 6) is 0.200. The van der Waals surface area contributed by atoms with Crippen molar-refractivity contribution in [3.8, 4) is 0 Å². The van der Waals surface area contributed by atoms with Crippen LogP contribution in [0.5, 0.6) is 0 Å². The van der Waals surface area contributed by atoms with Gasteiger partial charge in [-0.15, -0.1) is 0 Å². The maximum Gasteiger partial charge on any atom is 0.316 e. The number of hydrogen-bond acceptors (Lipinski definition) is 2. The Hall–Kier alpha value is -0.730. The van der Waals surface area contributed by atoms with Gasteiger partial charge in [0.05, 0.1) is 22.1 Å². The lowest BCUT2D eigenvalue weighted by Gasteiger charge is -2.25. The maximum absolute atomic E-state index is 12.1. The number of hydrogen-bond donors (Lipinski definition) is 0. The van der Waals surface area contributed by atoms with Crippen LogP contribution in [0.1, 0.15) is 24.8 Å². The van der Waals surface area contributed by atoms with E-state index >= 15 is 0 Å². The van der Waals surface area contributed by atoms with Gasteiger partial charge in [0.1, 0.15) is 0 Å². The summed E-state index contributed by atoms with van der Waals surface area (Å²) >= 11 is 12.0. The van der Waals surface area contributed by atoms with Crippen LogP contribution in [0.4, 0.5) is 0 Å². The Labute approximate surface area is 110 Å². The molecule has 2 nitrogen and oxygen atoms in total. The molecule has 1 heterocycles. The van der Waals surface area contributed by atoms with E-state index in [2.05, 4.69) is 0 Å². The lowest BCUT2D eigenvalue weighted by Crippen LogP contribution is -2.33. The van der Waals surface area contributed by atoms with Crippen molar-refractivity contribution in [2.45, 2.75) is 24.7 Å². The summed E-state index contributed by atoms with van der Waals surface area (Å²) in [6.07, 6.45) is 2.97. The fourth-order valence-electron chi connectivity index (χ4n) is 3.15. The molecule has 1 saturated heterocycles. The number of ether oxygens (including phenoxy) is 1. The zero-order valence-electron chi connectivity index (χ0n) is 9.21. The summed E-state index contributed by atoms with van der Waals surface area (Å²) in [5.41, 5.74) is 0.491. The van der Waals surface area contributed by atoms with Crippen molar-refractivity contribution in [1.82, 2.24) is 0 Å². The van der Waals surface area contributed by atoms with Crippen LogP contribution in [0.3, 0.4) is 0 Å². The van der Waals surface area contributed by atoms with Gasteiger partial charge in [-0.25, -0.2) is 0 Å². The first-order chi connectivity index (χ1) is 8.14. The van der Waals surface area contributed by atoms with Gasteiger partial charge in [-0.1, -0.05) is 35.7 Å². The molecule has 0 radical (unpaired) electrons. The number of rotatable bonds is 1. The molecule has 0 bridgehead atoms. The first-order valence-electron chi connectivity index (χ1n) is 5.77. The van der Waals surface area contributed by atoms with E-state index in [0.29, 0.717) is 22.6 Å². The van der Waals surface area contributed by atoms with Crippen LogP contribution in [0, 0.1) is 5.92 Å². The molecule has 0 spiro atoms. The zero-order chi connectivity index (χ0) is 12.0. The number of fused-ring (bicyclic) bond motifs is 1. The summed E-state index contributed by atoms with van der Waals surface area (Å²) in [6, 6.07) is 5.48. The van der Waals surface area contributed by atoms with Crippen LogP contribution in [-0.2, 0) is 14.9 Å².